The van der Waals surface area contributed by atoms with Gasteiger partial charge in [-0.25, -0.2) is 4.98 Å². The number of furan rings is 1. The minimum Gasteiger partial charge on any atom is -0.464 e. The number of anilines is 1. The zero-order chi connectivity index (χ0) is 11.2. The van der Waals surface area contributed by atoms with Crippen LogP contribution in [0, 0.1) is 0 Å². The first-order valence-corrected chi connectivity index (χ1v) is 5.65. The Morgan fingerprint density at radius 3 is 3.19 bits per heavy atom. The van der Waals surface area contributed by atoms with Gasteiger partial charge in [-0.2, -0.15) is 0 Å². The standard InChI is InChI=1S/C11H13ClN2O2/c12-3-7-15-8-5-14-11-9-2-6-16-10(9)1-4-13-11/h1-2,4,6H,3,5,7-8H2,(H,13,14). The second-order valence-corrected chi connectivity index (χ2v) is 3.60. The highest BCUT2D eigenvalue weighted by atomic mass is 35.5. The van der Waals surface area contributed by atoms with Crippen LogP contribution in [0.1, 0.15) is 0 Å². The van der Waals surface area contributed by atoms with Gasteiger partial charge in [0.15, 0.2) is 0 Å². The monoisotopic (exact) mass is 240 g/mol. The zero-order valence-electron chi connectivity index (χ0n) is 8.78. The van der Waals surface area contributed by atoms with E-state index in [1.807, 2.05) is 12.1 Å². The van der Waals surface area contributed by atoms with Crippen LogP contribution in [-0.2, 0) is 4.74 Å². The van der Waals surface area contributed by atoms with E-state index in [9.17, 15) is 0 Å². The van der Waals surface area contributed by atoms with Crippen molar-refractivity contribution >= 4 is 28.4 Å². The van der Waals surface area contributed by atoms with Gasteiger partial charge in [0.05, 0.1) is 24.9 Å². The fraction of sp³-hybridized carbons (Fsp3) is 0.364. The van der Waals surface area contributed by atoms with E-state index >= 15 is 0 Å². The smallest absolute Gasteiger partial charge is 0.139 e. The van der Waals surface area contributed by atoms with Crippen molar-refractivity contribution in [2.75, 3.05) is 31.0 Å². The van der Waals surface area contributed by atoms with Gasteiger partial charge in [0, 0.05) is 18.6 Å². The molecule has 5 heteroatoms. The predicted octanol–water partition coefficient (Wildman–Crippen LogP) is 2.50. The molecule has 2 heterocycles. The van der Waals surface area contributed by atoms with Gasteiger partial charge < -0.3 is 14.5 Å². The van der Waals surface area contributed by atoms with Crippen LogP contribution in [0.3, 0.4) is 0 Å². The molecule has 0 aliphatic heterocycles. The van der Waals surface area contributed by atoms with Crippen molar-refractivity contribution in [1.82, 2.24) is 4.98 Å². The number of halogens is 1. The first kappa shape index (κ1) is 11.2. The molecule has 86 valence electrons. The van der Waals surface area contributed by atoms with Gasteiger partial charge in [0.25, 0.3) is 0 Å². The van der Waals surface area contributed by atoms with Crippen LogP contribution in [-0.4, -0.2) is 30.6 Å². The van der Waals surface area contributed by atoms with Crippen molar-refractivity contribution in [3.8, 4) is 0 Å². The molecular weight excluding hydrogens is 228 g/mol. The lowest BCUT2D eigenvalue weighted by Gasteiger charge is -2.06. The molecule has 0 saturated heterocycles. The van der Waals surface area contributed by atoms with Crippen molar-refractivity contribution in [3.63, 3.8) is 0 Å². The van der Waals surface area contributed by atoms with Gasteiger partial charge in [0.2, 0.25) is 0 Å². The summed E-state index contributed by atoms with van der Waals surface area (Å²) in [6, 6.07) is 3.73. The van der Waals surface area contributed by atoms with Crippen LogP contribution in [0.2, 0.25) is 0 Å². The molecule has 0 spiro atoms. The van der Waals surface area contributed by atoms with Crippen LogP contribution >= 0.6 is 11.6 Å². The predicted molar refractivity (Wildman–Crippen MR) is 64.0 cm³/mol. The SMILES string of the molecule is ClCCOCCNc1nccc2occc12. The fourth-order valence-corrected chi connectivity index (χ4v) is 1.54. The summed E-state index contributed by atoms with van der Waals surface area (Å²) in [5.41, 5.74) is 0.833. The summed E-state index contributed by atoms with van der Waals surface area (Å²) in [5, 5.41) is 4.18. The second kappa shape index (κ2) is 5.72. The number of rotatable bonds is 6. The molecule has 16 heavy (non-hydrogen) atoms. The molecule has 0 fully saturated rings. The molecule has 0 aromatic carbocycles. The number of ether oxygens (including phenoxy) is 1. The Kier molecular flexibility index (Phi) is 4.02. The normalized spacial score (nSPS) is 10.8. The minimum atomic E-state index is 0.523. The summed E-state index contributed by atoms with van der Waals surface area (Å²) < 4.78 is 10.5. The van der Waals surface area contributed by atoms with E-state index in [4.69, 9.17) is 20.8 Å². The molecule has 0 aliphatic carbocycles. The quantitative estimate of drug-likeness (QED) is 0.623. The van der Waals surface area contributed by atoms with Crippen molar-refractivity contribution in [3.05, 3.63) is 24.6 Å². The third-order valence-electron chi connectivity index (χ3n) is 2.14. The Hall–Kier alpha value is -1.26. The first-order valence-electron chi connectivity index (χ1n) is 5.11. The maximum atomic E-state index is 5.49. The van der Waals surface area contributed by atoms with Gasteiger partial charge in [-0.3, -0.25) is 0 Å². The summed E-state index contributed by atoms with van der Waals surface area (Å²) in [7, 11) is 0. The minimum absolute atomic E-state index is 0.523. The highest BCUT2D eigenvalue weighted by Crippen LogP contribution is 2.21. The molecule has 0 atom stereocenters. The van der Waals surface area contributed by atoms with E-state index in [2.05, 4.69) is 10.3 Å². The van der Waals surface area contributed by atoms with Crippen LogP contribution in [0.15, 0.2) is 29.0 Å². The fourth-order valence-electron chi connectivity index (χ4n) is 1.43. The maximum Gasteiger partial charge on any atom is 0.139 e. The van der Waals surface area contributed by atoms with Crippen LogP contribution in [0.5, 0.6) is 0 Å². The Morgan fingerprint density at radius 1 is 1.38 bits per heavy atom. The van der Waals surface area contributed by atoms with Crippen molar-refractivity contribution in [1.29, 1.82) is 0 Å². The average Bonchev–Trinajstić information content (AvgIpc) is 2.77. The van der Waals surface area contributed by atoms with Gasteiger partial charge in [0.1, 0.15) is 11.4 Å². The third kappa shape index (κ3) is 2.65. The highest BCUT2D eigenvalue weighted by Gasteiger charge is 2.03. The summed E-state index contributed by atoms with van der Waals surface area (Å²) in [6.45, 7) is 1.89. The Morgan fingerprint density at radius 2 is 2.31 bits per heavy atom. The third-order valence-corrected chi connectivity index (χ3v) is 2.29. The molecule has 2 aromatic heterocycles. The maximum absolute atomic E-state index is 5.49. The zero-order valence-corrected chi connectivity index (χ0v) is 9.54. The largest absolute Gasteiger partial charge is 0.464 e. The van der Waals surface area contributed by atoms with Crippen molar-refractivity contribution in [2.24, 2.45) is 0 Å². The Bertz CT molecular complexity index is 444. The van der Waals surface area contributed by atoms with Crippen LogP contribution < -0.4 is 5.32 Å². The first-order chi connectivity index (χ1) is 7.92. The molecule has 0 radical (unpaired) electrons. The van der Waals surface area contributed by atoms with E-state index in [0.29, 0.717) is 25.6 Å². The molecule has 0 unspecified atom stereocenters. The van der Waals surface area contributed by atoms with E-state index < -0.39 is 0 Å². The number of fused-ring (bicyclic) bond motifs is 1. The molecule has 1 N–H and O–H groups in total. The second-order valence-electron chi connectivity index (χ2n) is 3.22. The molecule has 0 bridgehead atoms. The van der Waals surface area contributed by atoms with Crippen LogP contribution in [0.4, 0.5) is 5.82 Å². The number of nitrogens with one attached hydrogen (secondary N) is 1. The summed E-state index contributed by atoms with van der Waals surface area (Å²) in [6.07, 6.45) is 3.37. The number of hydrogen-bond acceptors (Lipinski definition) is 4. The van der Waals surface area contributed by atoms with Gasteiger partial charge in [-0.1, -0.05) is 0 Å². The number of nitrogens with zero attached hydrogens (tertiary/aromatic N) is 1. The summed E-state index contributed by atoms with van der Waals surface area (Å²) >= 11 is 5.49. The van der Waals surface area contributed by atoms with Crippen molar-refractivity contribution < 1.29 is 9.15 Å². The lowest BCUT2D eigenvalue weighted by atomic mass is 10.3. The lowest BCUT2D eigenvalue weighted by Crippen LogP contribution is -2.11. The number of aromatic nitrogens is 1. The molecule has 2 aromatic rings. The molecule has 2 rings (SSSR count). The number of alkyl halides is 1. The van der Waals surface area contributed by atoms with E-state index in [0.717, 1.165) is 16.8 Å². The lowest BCUT2D eigenvalue weighted by molar-refractivity contribution is 0.160. The molecular formula is C11H13ClN2O2. The molecule has 0 aliphatic rings. The highest BCUT2D eigenvalue weighted by molar-refractivity contribution is 6.17. The van der Waals surface area contributed by atoms with Crippen molar-refractivity contribution in [2.45, 2.75) is 0 Å². The van der Waals surface area contributed by atoms with E-state index in [1.54, 1.807) is 12.5 Å². The molecule has 0 saturated carbocycles. The van der Waals surface area contributed by atoms with E-state index in [1.165, 1.54) is 0 Å². The topological polar surface area (TPSA) is 47.3 Å². The van der Waals surface area contributed by atoms with E-state index in [-0.39, 0.29) is 0 Å². The Labute approximate surface area is 98.6 Å². The number of pyridine rings is 1. The average molecular weight is 241 g/mol. The number of hydrogen-bond donors (Lipinski definition) is 1. The summed E-state index contributed by atoms with van der Waals surface area (Å²) in [4.78, 5) is 4.24. The van der Waals surface area contributed by atoms with Gasteiger partial charge >= 0.3 is 0 Å². The van der Waals surface area contributed by atoms with Gasteiger partial charge in [-0.15, -0.1) is 11.6 Å². The molecule has 4 nitrogen and oxygen atoms in total. The summed E-state index contributed by atoms with van der Waals surface area (Å²) in [5.74, 6) is 1.34. The Balaban J connectivity index is 1.91. The van der Waals surface area contributed by atoms with Crippen LogP contribution in [0.25, 0.3) is 11.0 Å². The molecule has 0 amide bonds. The van der Waals surface area contributed by atoms with Gasteiger partial charge in [-0.05, 0) is 12.1 Å².